The molecule has 0 aromatic heterocycles. The molecule has 136 valence electrons. The van der Waals surface area contributed by atoms with Crippen LogP contribution in [0.3, 0.4) is 0 Å². The Bertz CT molecular complexity index is 817. The fourth-order valence-corrected chi connectivity index (χ4v) is 2.02. The van der Waals surface area contributed by atoms with E-state index in [0.29, 0.717) is 22.9 Å². The molecule has 0 aliphatic rings. The van der Waals surface area contributed by atoms with Gasteiger partial charge in [-0.05, 0) is 55.0 Å². The topological polar surface area (TPSA) is 111 Å². The summed E-state index contributed by atoms with van der Waals surface area (Å²) in [7, 11) is 0. The fraction of sp³-hybridized carbons (Fsp3) is 0.158. The molecular weight excluding hydrogens is 352 g/mol. The summed E-state index contributed by atoms with van der Waals surface area (Å²) < 4.78 is 10.2. The van der Waals surface area contributed by atoms with Crippen LogP contribution in [0.1, 0.15) is 19.3 Å². The minimum Gasteiger partial charge on any atom is -0.427 e. The second kappa shape index (κ2) is 10.2. The Kier molecular flexibility index (Phi) is 7.36. The number of esters is 2. The molecule has 0 saturated carbocycles. The monoisotopic (exact) mass is 366 g/mol. The predicted molar refractivity (Wildman–Crippen MR) is 93.6 cm³/mol. The second-order valence-electron chi connectivity index (χ2n) is 5.20. The van der Waals surface area contributed by atoms with Gasteiger partial charge in [-0.15, -0.1) is 0 Å². The van der Waals surface area contributed by atoms with Gasteiger partial charge in [0.05, 0.1) is 11.4 Å². The van der Waals surface area contributed by atoms with Gasteiger partial charge < -0.3 is 9.47 Å². The molecule has 2 aromatic carbocycles. The highest BCUT2D eigenvalue weighted by Gasteiger charge is 2.09. The van der Waals surface area contributed by atoms with Crippen molar-refractivity contribution < 1.29 is 28.7 Å². The van der Waals surface area contributed by atoms with Gasteiger partial charge in [0.2, 0.25) is 12.2 Å². The summed E-state index contributed by atoms with van der Waals surface area (Å²) in [5, 5.41) is 0. The Morgan fingerprint density at radius 1 is 0.704 bits per heavy atom. The molecule has 2 aromatic rings. The Balaban J connectivity index is 1.72. The van der Waals surface area contributed by atoms with Crippen molar-refractivity contribution in [1.29, 1.82) is 0 Å². The zero-order valence-corrected chi connectivity index (χ0v) is 14.1. The molecule has 27 heavy (non-hydrogen) atoms. The van der Waals surface area contributed by atoms with E-state index in [-0.39, 0.29) is 19.3 Å². The minimum atomic E-state index is -0.495. The van der Waals surface area contributed by atoms with Gasteiger partial charge in [0.15, 0.2) is 0 Å². The lowest BCUT2D eigenvalue weighted by Crippen LogP contribution is -2.11. The predicted octanol–water partition coefficient (Wildman–Crippen LogP) is 3.30. The zero-order chi connectivity index (χ0) is 19.5. The molecule has 0 spiro atoms. The molecule has 0 saturated heterocycles. The number of aliphatic imine (C=N–C) groups is 2. The maximum Gasteiger partial charge on any atom is 0.311 e. The standard InChI is InChI=1S/C19H14N2O6/c22-12-20-14-4-8-16(9-5-14)26-18(24)2-1-3-19(25)27-17-10-6-15(7-11-17)21-13-23/h4-11H,1-3H2. The van der Waals surface area contributed by atoms with Gasteiger partial charge in [-0.2, -0.15) is 9.98 Å². The molecule has 0 bridgehead atoms. The van der Waals surface area contributed by atoms with Gasteiger partial charge in [-0.3, -0.25) is 9.59 Å². The third-order valence-electron chi connectivity index (χ3n) is 3.25. The number of rotatable bonds is 8. The summed E-state index contributed by atoms with van der Waals surface area (Å²) in [5.74, 6) is -0.368. The summed E-state index contributed by atoms with van der Waals surface area (Å²) in [6.45, 7) is 0. The highest BCUT2D eigenvalue weighted by Crippen LogP contribution is 2.19. The van der Waals surface area contributed by atoms with E-state index in [1.807, 2.05) is 0 Å². The highest BCUT2D eigenvalue weighted by atomic mass is 16.5. The molecule has 0 heterocycles. The van der Waals surface area contributed by atoms with Crippen LogP contribution in [0.2, 0.25) is 0 Å². The lowest BCUT2D eigenvalue weighted by molar-refractivity contribution is -0.136. The summed E-state index contributed by atoms with van der Waals surface area (Å²) in [6.07, 6.45) is 3.16. The number of benzene rings is 2. The number of ether oxygens (including phenoxy) is 2. The highest BCUT2D eigenvalue weighted by molar-refractivity contribution is 5.75. The molecule has 0 aliphatic carbocycles. The van der Waals surface area contributed by atoms with Crippen molar-refractivity contribution in [1.82, 2.24) is 0 Å². The van der Waals surface area contributed by atoms with Crippen molar-refractivity contribution in [3.8, 4) is 11.5 Å². The van der Waals surface area contributed by atoms with Crippen molar-refractivity contribution in [2.24, 2.45) is 9.98 Å². The first-order valence-corrected chi connectivity index (χ1v) is 7.88. The van der Waals surface area contributed by atoms with Crippen LogP contribution in [0.15, 0.2) is 58.5 Å². The number of isocyanates is 2. The lowest BCUT2D eigenvalue weighted by atomic mass is 10.2. The molecule has 0 fully saturated rings. The van der Waals surface area contributed by atoms with Crippen molar-refractivity contribution in [3.05, 3.63) is 48.5 Å². The third kappa shape index (κ3) is 6.88. The first kappa shape index (κ1) is 19.5. The van der Waals surface area contributed by atoms with Crippen LogP contribution in [0.25, 0.3) is 0 Å². The molecule has 8 heteroatoms. The van der Waals surface area contributed by atoms with Crippen LogP contribution in [0.4, 0.5) is 11.4 Å². The summed E-state index contributed by atoms with van der Waals surface area (Å²) in [4.78, 5) is 50.6. The van der Waals surface area contributed by atoms with E-state index in [2.05, 4.69) is 9.98 Å². The van der Waals surface area contributed by atoms with Crippen LogP contribution in [-0.2, 0) is 19.2 Å². The normalized spacial score (nSPS) is 9.48. The molecule has 2 rings (SSSR count). The van der Waals surface area contributed by atoms with Gasteiger partial charge in [0.1, 0.15) is 11.5 Å². The SMILES string of the molecule is O=C=Nc1ccc(OC(=O)CCCC(=O)Oc2ccc(N=C=O)cc2)cc1. The average molecular weight is 366 g/mol. The van der Waals surface area contributed by atoms with E-state index >= 15 is 0 Å². The smallest absolute Gasteiger partial charge is 0.311 e. The van der Waals surface area contributed by atoms with Gasteiger partial charge in [0.25, 0.3) is 0 Å². The van der Waals surface area contributed by atoms with Crippen molar-refractivity contribution in [3.63, 3.8) is 0 Å². The quantitative estimate of drug-likeness (QED) is 0.307. The zero-order valence-electron chi connectivity index (χ0n) is 14.1. The van der Waals surface area contributed by atoms with E-state index in [4.69, 9.17) is 9.47 Å². The Morgan fingerprint density at radius 2 is 1.07 bits per heavy atom. The number of carbonyl (C=O) groups is 2. The molecule has 0 aliphatic heterocycles. The minimum absolute atomic E-state index is 0.0380. The summed E-state index contributed by atoms with van der Waals surface area (Å²) in [5.41, 5.74) is 0.803. The van der Waals surface area contributed by atoms with Crippen LogP contribution in [0, 0.1) is 0 Å². The lowest BCUT2D eigenvalue weighted by Gasteiger charge is -2.05. The van der Waals surface area contributed by atoms with E-state index in [1.165, 1.54) is 60.7 Å². The number of hydrogen-bond donors (Lipinski definition) is 0. The fourth-order valence-electron chi connectivity index (χ4n) is 2.02. The average Bonchev–Trinajstić information content (AvgIpc) is 2.65. The molecule has 0 atom stereocenters. The van der Waals surface area contributed by atoms with Gasteiger partial charge in [0, 0.05) is 12.8 Å². The van der Waals surface area contributed by atoms with Gasteiger partial charge >= 0.3 is 11.9 Å². The van der Waals surface area contributed by atoms with Crippen LogP contribution < -0.4 is 9.47 Å². The van der Waals surface area contributed by atoms with E-state index in [9.17, 15) is 19.2 Å². The largest absolute Gasteiger partial charge is 0.427 e. The molecule has 0 N–H and O–H groups in total. The number of hydrogen-bond acceptors (Lipinski definition) is 8. The molecule has 0 radical (unpaired) electrons. The first-order valence-electron chi connectivity index (χ1n) is 7.88. The maximum atomic E-state index is 11.8. The van der Waals surface area contributed by atoms with E-state index < -0.39 is 11.9 Å². The third-order valence-corrected chi connectivity index (χ3v) is 3.25. The van der Waals surface area contributed by atoms with Crippen LogP contribution >= 0.6 is 0 Å². The van der Waals surface area contributed by atoms with Gasteiger partial charge in [-0.25, -0.2) is 9.59 Å². The number of nitrogens with zero attached hydrogens (tertiary/aromatic N) is 2. The Hall–Kier alpha value is -3.86. The van der Waals surface area contributed by atoms with Crippen LogP contribution in [0.5, 0.6) is 11.5 Å². The summed E-state index contributed by atoms with van der Waals surface area (Å²) in [6, 6.07) is 12.0. The van der Waals surface area contributed by atoms with Crippen molar-refractivity contribution in [2.45, 2.75) is 19.3 Å². The second-order valence-corrected chi connectivity index (χ2v) is 5.20. The maximum absolute atomic E-state index is 11.8. The van der Waals surface area contributed by atoms with Gasteiger partial charge in [-0.1, -0.05) is 0 Å². The van der Waals surface area contributed by atoms with E-state index in [1.54, 1.807) is 0 Å². The van der Waals surface area contributed by atoms with Crippen LogP contribution in [-0.4, -0.2) is 24.1 Å². The van der Waals surface area contributed by atoms with Crippen molar-refractivity contribution >= 4 is 35.5 Å². The molecule has 0 unspecified atom stereocenters. The van der Waals surface area contributed by atoms with Crippen molar-refractivity contribution in [2.75, 3.05) is 0 Å². The molecular formula is C19H14N2O6. The summed E-state index contributed by atoms with van der Waals surface area (Å²) >= 11 is 0. The molecule has 0 amide bonds. The Labute approximate surface area is 154 Å². The Morgan fingerprint density at radius 3 is 1.41 bits per heavy atom. The molecule has 8 nitrogen and oxygen atoms in total. The number of carbonyl (C=O) groups excluding carboxylic acids is 4. The first-order chi connectivity index (χ1) is 13.1. The van der Waals surface area contributed by atoms with E-state index in [0.717, 1.165) is 0 Å².